The molecular formula is C25H24F3N5O2. The van der Waals surface area contributed by atoms with Crippen LogP contribution >= 0.6 is 0 Å². The number of alkyl halides is 3. The molecule has 0 unspecified atom stereocenters. The molecule has 0 radical (unpaired) electrons. The van der Waals surface area contributed by atoms with Crippen molar-refractivity contribution in [2.75, 3.05) is 20.1 Å². The van der Waals surface area contributed by atoms with Gasteiger partial charge in [0.15, 0.2) is 0 Å². The first-order valence-electron chi connectivity index (χ1n) is 11.5. The fourth-order valence-electron chi connectivity index (χ4n) is 5.87. The summed E-state index contributed by atoms with van der Waals surface area (Å²) in [5.41, 5.74) is 10.1. The highest BCUT2D eigenvalue weighted by molar-refractivity contribution is 5.95. The molecule has 10 heteroatoms. The molecule has 6 rings (SSSR count). The predicted octanol–water partition coefficient (Wildman–Crippen LogP) is 3.63. The Labute approximate surface area is 199 Å². The molecule has 3 aromatic heterocycles. The number of pyridine rings is 2. The number of aryl methyl sites for hydroxylation is 1. The third-order valence-corrected chi connectivity index (χ3v) is 7.87. The third kappa shape index (κ3) is 3.23. The van der Waals surface area contributed by atoms with Crippen molar-refractivity contribution in [1.29, 1.82) is 0 Å². The molecule has 0 aromatic carbocycles. The van der Waals surface area contributed by atoms with Crippen LogP contribution in [-0.4, -0.2) is 56.6 Å². The molecule has 1 saturated heterocycles. The van der Waals surface area contributed by atoms with Crippen LogP contribution in [0.4, 0.5) is 13.2 Å². The first-order chi connectivity index (χ1) is 16.5. The van der Waals surface area contributed by atoms with E-state index < -0.39 is 28.8 Å². The predicted molar refractivity (Wildman–Crippen MR) is 122 cm³/mol. The van der Waals surface area contributed by atoms with E-state index in [-0.39, 0.29) is 0 Å². The molecule has 3 aromatic rings. The number of likely N-dealkylation sites (N-methyl/N-ethyl adjacent to an activating group) is 1. The number of nitrogens with one attached hydrogen (secondary N) is 1. The highest BCUT2D eigenvalue weighted by atomic mass is 19.4. The Kier molecular flexibility index (Phi) is 4.54. The van der Waals surface area contributed by atoms with Gasteiger partial charge in [0.25, 0.3) is 0 Å². The van der Waals surface area contributed by atoms with Crippen LogP contribution in [0.1, 0.15) is 45.7 Å². The molecular weight excluding hydrogens is 459 g/mol. The third-order valence-electron chi connectivity index (χ3n) is 7.87. The Morgan fingerprint density at radius 1 is 1.17 bits per heavy atom. The fraction of sp³-hybridized carbons (Fsp3) is 0.400. The van der Waals surface area contributed by atoms with Crippen LogP contribution in [-0.2, 0) is 24.4 Å². The number of nitrogens with zero attached hydrogens (tertiary/aromatic N) is 3. The number of aromatic amines is 1. The fourth-order valence-corrected chi connectivity index (χ4v) is 5.87. The average Bonchev–Trinajstić information content (AvgIpc) is 3.42. The Hall–Kier alpha value is -3.24. The van der Waals surface area contributed by atoms with Crippen LogP contribution in [0, 0.1) is 0 Å². The zero-order valence-electron chi connectivity index (χ0n) is 19.0. The number of carbonyl (C=O) groups is 1. The van der Waals surface area contributed by atoms with Crippen molar-refractivity contribution in [2.24, 2.45) is 5.73 Å². The summed E-state index contributed by atoms with van der Waals surface area (Å²) in [5.74, 6) is -0.972. The molecule has 2 fully saturated rings. The molecule has 1 saturated carbocycles. The van der Waals surface area contributed by atoms with Crippen LogP contribution in [0.5, 0.6) is 0 Å². The minimum Gasteiger partial charge on any atom is -0.478 e. The number of nitrogens with two attached hydrogens (primary N) is 1. The molecule has 0 bridgehead atoms. The van der Waals surface area contributed by atoms with Gasteiger partial charge in [-0.1, -0.05) is 0 Å². The van der Waals surface area contributed by atoms with Crippen molar-refractivity contribution in [3.05, 3.63) is 58.7 Å². The van der Waals surface area contributed by atoms with E-state index in [2.05, 4.69) is 19.9 Å². The molecule has 1 aliphatic heterocycles. The van der Waals surface area contributed by atoms with Gasteiger partial charge in [-0.25, -0.2) is 4.79 Å². The van der Waals surface area contributed by atoms with E-state index >= 15 is 0 Å². The van der Waals surface area contributed by atoms with Gasteiger partial charge in [0.05, 0.1) is 22.4 Å². The SMILES string of the molecule is CN1CC(c2[nH]c3c(c2C(=O)O)CCc2cnc(-c4ccc(C(F)(F)F)nc4)cc2-3)(C2(N)CC2)C1. The van der Waals surface area contributed by atoms with Crippen LogP contribution in [0.2, 0.25) is 0 Å². The summed E-state index contributed by atoms with van der Waals surface area (Å²) in [6.07, 6.45) is 1.26. The number of aromatic nitrogens is 3. The van der Waals surface area contributed by atoms with E-state index in [1.54, 1.807) is 12.3 Å². The minimum absolute atomic E-state index is 0.310. The zero-order valence-corrected chi connectivity index (χ0v) is 19.0. The van der Waals surface area contributed by atoms with Crippen molar-refractivity contribution in [2.45, 2.75) is 42.8 Å². The van der Waals surface area contributed by atoms with Crippen molar-refractivity contribution in [3.63, 3.8) is 0 Å². The smallest absolute Gasteiger partial charge is 0.433 e. The van der Waals surface area contributed by atoms with Crippen molar-refractivity contribution < 1.29 is 23.1 Å². The molecule has 3 aliphatic rings. The molecule has 4 N–H and O–H groups in total. The second-order valence-electron chi connectivity index (χ2n) is 10.1. The monoisotopic (exact) mass is 483 g/mol. The summed E-state index contributed by atoms with van der Waals surface area (Å²) in [5, 5.41) is 10.2. The Balaban J connectivity index is 1.47. The molecule has 7 nitrogen and oxygen atoms in total. The highest BCUT2D eigenvalue weighted by Crippen LogP contribution is 2.55. The number of carboxylic acids is 1. The van der Waals surface area contributed by atoms with E-state index in [4.69, 9.17) is 5.73 Å². The number of aromatic carboxylic acids is 1. The number of hydrogen-bond donors (Lipinski definition) is 3. The van der Waals surface area contributed by atoms with Crippen LogP contribution in [0.15, 0.2) is 30.6 Å². The summed E-state index contributed by atoms with van der Waals surface area (Å²) in [6, 6.07) is 4.09. The molecule has 35 heavy (non-hydrogen) atoms. The lowest BCUT2D eigenvalue weighted by molar-refractivity contribution is -0.141. The standard InChI is InChI=1S/C25H24F3N5O2/c1-33-11-23(12-33,24(29)6-7-24)21-19(22(34)35)15-4-2-13-9-30-17(8-16(13)20(15)32-21)14-3-5-18(31-10-14)25(26,27)28/h3,5,8-10,32H,2,4,6-7,11-12,29H2,1H3,(H,34,35). The summed E-state index contributed by atoms with van der Waals surface area (Å²) in [6.45, 7) is 1.38. The van der Waals surface area contributed by atoms with E-state index in [0.717, 1.165) is 47.5 Å². The van der Waals surface area contributed by atoms with Gasteiger partial charge in [-0.3, -0.25) is 9.97 Å². The largest absolute Gasteiger partial charge is 0.478 e. The lowest BCUT2D eigenvalue weighted by atomic mass is 9.68. The molecule has 0 spiro atoms. The maximum Gasteiger partial charge on any atom is 0.433 e. The Morgan fingerprint density at radius 3 is 2.49 bits per heavy atom. The van der Waals surface area contributed by atoms with Gasteiger partial charge in [0, 0.05) is 47.8 Å². The first-order valence-corrected chi connectivity index (χ1v) is 11.5. The summed E-state index contributed by atoms with van der Waals surface area (Å²) in [7, 11) is 2.00. The summed E-state index contributed by atoms with van der Waals surface area (Å²) < 4.78 is 38.8. The Bertz CT molecular complexity index is 1350. The number of carboxylic acid groups (broad SMARTS) is 1. The van der Waals surface area contributed by atoms with Gasteiger partial charge in [-0.05, 0) is 62.1 Å². The van der Waals surface area contributed by atoms with Gasteiger partial charge in [-0.2, -0.15) is 13.2 Å². The quantitative estimate of drug-likeness (QED) is 0.523. The van der Waals surface area contributed by atoms with Crippen molar-refractivity contribution >= 4 is 5.97 Å². The lowest BCUT2D eigenvalue weighted by Crippen LogP contribution is -2.68. The molecule has 0 amide bonds. The Morgan fingerprint density at radius 2 is 1.91 bits per heavy atom. The van der Waals surface area contributed by atoms with Crippen LogP contribution in [0.25, 0.3) is 22.5 Å². The van der Waals surface area contributed by atoms with Gasteiger partial charge in [0.1, 0.15) is 5.69 Å². The zero-order chi connectivity index (χ0) is 24.8. The number of H-pyrrole nitrogens is 1. The van der Waals surface area contributed by atoms with Crippen molar-refractivity contribution in [1.82, 2.24) is 19.9 Å². The van der Waals surface area contributed by atoms with Gasteiger partial charge in [-0.15, -0.1) is 0 Å². The van der Waals surface area contributed by atoms with E-state index in [1.165, 1.54) is 6.07 Å². The number of likely N-dealkylation sites (tertiary alicyclic amines) is 1. The summed E-state index contributed by atoms with van der Waals surface area (Å²) in [4.78, 5) is 26.1. The van der Waals surface area contributed by atoms with Gasteiger partial charge >= 0.3 is 12.1 Å². The molecule has 0 atom stereocenters. The second kappa shape index (κ2) is 7.14. The maximum atomic E-state index is 12.9. The van der Waals surface area contributed by atoms with Crippen LogP contribution in [0.3, 0.4) is 0 Å². The highest BCUT2D eigenvalue weighted by Gasteiger charge is 2.64. The first kappa shape index (κ1) is 22.2. The van der Waals surface area contributed by atoms with E-state index in [9.17, 15) is 23.1 Å². The molecule has 182 valence electrons. The normalized spacial score (nSPS) is 20.0. The molecule has 4 heterocycles. The number of fused-ring (bicyclic) bond motifs is 3. The maximum absolute atomic E-state index is 12.9. The number of halogens is 3. The van der Waals surface area contributed by atoms with Crippen molar-refractivity contribution in [3.8, 4) is 22.5 Å². The topological polar surface area (TPSA) is 108 Å². The number of hydrogen-bond acceptors (Lipinski definition) is 5. The van der Waals surface area contributed by atoms with E-state index in [1.807, 2.05) is 7.05 Å². The number of rotatable bonds is 4. The second-order valence-corrected chi connectivity index (χ2v) is 10.1. The minimum atomic E-state index is -4.52. The lowest BCUT2D eigenvalue weighted by Gasteiger charge is -2.52. The molecule has 2 aliphatic carbocycles. The summed E-state index contributed by atoms with van der Waals surface area (Å²) >= 11 is 0. The van der Waals surface area contributed by atoms with Gasteiger partial charge in [0.2, 0.25) is 0 Å². The van der Waals surface area contributed by atoms with Gasteiger partial charge < -0.3 is 20.7 Å². The van der Waals surface area contributed by atoms with E-state index in [0.29, 0.717) is 48.4 Å². The van der Waals surface area contributed by atoms with Crippen LogP contribution < -0.4 is 5.73 Å². The average molecular weight is 483 g/mol.